The van der Waals surface area contributed by atoms with Crippen molar-refractivity contribution in [1.29, 1.82) is 0 Å². The van der Waals surface area contributed by atoms with Gasteiger partial charge in [-0.05, 0) is 31.0 Å². The Morgan fingerprint density at radius 1 is 1.22 bits per heavy atom. The van der Waals surface area contributed by atoms with Crippen LogP contribution >= 0.6 is 11.6 Å². The quantitative estimate of drug-likeness (QED) is 0.788. The van der Waals surface area contributed by atoms with Crippen LogP contribution < -0.4 is 9.47 Å². The van der Waals surface area contributed by atoms with Crippen molar-refractivity contribution in [2.24, 2.45) is 0 Å². The fourth-order valence-electron chi connectivity index (χ4n) is 2.47. The van der Waals surface area contributed by atoms with Crippen LogP contribution in [0.5, 0.6) is 11.5 Å². The highest BCUT2D eigenvalue weighted by molar-refractivity contribution is 6.18. The van der Waals surface area contributed by atoms with Gasteiger partial charge < -0.3 is 14.2 Å². The minimum absolute atomic E-state index is 0.0698. The lowest BCUT2D eigenvalue weighted by molar-refractivity contribution is 0.0567. The van der Waals surface area contributed by atoms with E-state index in [0.29, 0.717) is 5.88 Å². The van der Waals surface area contributed by atoms with Crippen LogP contribution in [0.3, 0.4) is 0 Å². The summed E-state index contributed by atoms with van der Waals surface area (Å²) in [4.78, 5) is 0. The molecule has 1 aliphatic heterocycles. The smallest absolute Gasteiger partial charge is 0.122 e. The molecule has 0 radical (unpaired) electrons. The zero-order valence-electron chi connectivity index (χ0n) is 10.9. The summed E-state index contributed by atoms with van der Waals surface area (Å²) in [5.74, 6) is 2.28. The molecule has 18 heavy (non-hydrogen) atoms. The van der Waals surface area contributed by atoms with Gasteiger partial charge in [0.05, 0.1) is 14.2 Å². The van der Waals surface area contributed by atoms with E-state index < -0.39 is 0 Å². The van der Waals surface area contributed by atoms with Crippen LogP contribution in [0.15, 0.2) is 18.2 Å². The third-order valence-corrected chi connectivity index (χ3v) is 4.20. The fourth-order valence-corrected chi connectivity index (χ4v) is 2.88. The molecular formula is C14H19ClO3. The first-order valence-corrected chi connectivity index (χ1v) is 6.65. The zero-order chi connectivity index (χ0) is 13.0. The van der Waals surface area contributed by atoms with E-state index >= 15 is 0 Å². The maximum absolute atomic E-state index is 6.24. The Balaban J connectivity index is 2.44. The number of rotatable bonds is 4. The highest BCUT2D eigenvalue weighted by Gasteiger charge is 2.36. The minimum atomic E-state index is -0.0698. The van der Waals surface area contributed by atoms with Crippen LogP contribution in [0.4, 0.5) is 0 Å². The second-order valence-electron chi connectivity index (χ2n) is 4.59. The van der Waals surface area contributed by atoms with Gasteiger partial charge in [0.1, 0.15) is 11.5 Å². The molecule has 100 valence electrons. The Labute approximate surface area is 113 Å². The van der Waals surface area contributed by atoms with Gasteiger partial charge in [0.15, 0.2) is 0 Å². The topological polar surface area (TPSA) is 27.7 Å². The Morgan fingerprint density at radius 3 is 2.50 bits per heavy atom. The molecule has 0 saturated carbocycles. The van der Waals surface area contributed by atoms with E-state index in [1.807, 2.05) is 18.2 Å². The number of ether oxygens (including phenoxy) is 3. The first-order valence-electron chi connectivity index (χ1n) is 6.12. The summed E-state index contributed by atoms with van der Waals surface area (Å²) < 4.78 is 16.2. The summed E-state index contributed by atoms with van der Waals surface area (Å²) in [6, 6.07) is 5.88. The van der Waals surface area contributed by atoms with E-state index in [2.05, 4.69) is 0 Å². The number of hydrogen-bond donors (Lipinski definition) is 0. The second-order valence-corrected chi connectivity index (χ2v) is 4.86. The predicted octanol–water partition coefficient (Wildman–Crippen LogP) is 2.99. The third kappa shape index (κ3) is 2.43. The van der Waals surface area contributed by atoms with Crippen molar-refractivity contribution in [3.63, 3.8) is 0 Å². The SMILES string of the molecule is COc1ccc(OC)c(C2(CCl)CCOCC2)c1. The van der Waals surface area contributed by atoms with E-state index in [1.54, 1.807) is 14.2 Å². The van der Waals surface area contributed by atoms with Crippen molar-refractivity contribution in [3.05, 3.63) is 23.8 Å². The number of alkyl halides is 1. The van der Waals surface area contributed by atoms with Crippen molar-refractivity contribution in [2.45, 2.75) is 18.3 Å². The normalized spacial score (nSPS) is 18.4. The molecule has 0 amide bonds. The summed E-state index contributed by atoms with van der Waals surface area (Å²) in [7, 11) is 3.36. The number of halogens is 1. The fraction of sp³-hybridized carbons (Fsp3) is 0.571. The average Bonchev–Trinajstić information content (AvgIpc) is 2.47. The van der Waals surface area contributed by atoms with Gasteiger partial charge >= 0.3 is 0 Å². The van der Waals surface area contributed by atoms with Gasteiger partial charge in [-0.25, -0.2) is 0 Å². The molecule has 1 aliphatic rings. The van der Waals surface area contributed by atoms with Crippen molar-refractivity contribution < 1.29 is 14.2 Å². The van der Waals surface area contributed by atoms with Gasteiger partial charge in [-0.2, -0.15) is 0 Å². The highest BCUT2D eigenvalue weighted by atomic mass is 35.5. The molecule has 2 rings (SSSR count). The monoisotopic (exact) mass is 270 g/mol. The number of methoxy groups -OCH3 is 2. The summed E-state index contributed by atoms with van der Waals surface area (Å²) in [5, 5.41) is 0. The summed E-state index contributed by atoms with van der Waals surface area (Å²) in [5.41, 5.74) is 1.06. The van der Waals surface area contributed by atoms with E-state index in [9.17, 15) is 0 Å². The van der Waals surface area contributed by atoms with Gasteiger partial charge in [0, 0.05) is 30.1 Å². The molecule has 0 N–H and O–H groups in total. The van der Waals surface area contributed by atoms with Crippen LogP contribution in [0.2, 0.25) is 0 Å². The number of benzene rings is 1. The molecule has 1 aromatic rings. The summed E-state index contributed by atoms with van der Waals surface area (Å²) in [6.45, 7) is 1.49. The molecule has 0 unspecified atom stereocenters. The molecular weight excluding hydrogens is 252 g/mol. The van der Waals surface area contributed by atoms with Crippen LogP contribution in [0, 0.1) is 0 Å². The van der Waals surface area contributed by atoms with Gasteiger partial charge in [0.25, 0.3) is 0 Å². The maximum Gasteiger partial charge on any atom is 0.122 e. The Kier molecular flexibility index (Phi) is 4.36. The lowest BCUT2D eigenvalue weighted by Gasteiger charge is -2.37. The van der Waals surface area contributed by atoms with E-state index in [1.165, 1.54) is 0 Å². The number of hydrogen-bond acceptors (Lipinski definition) is 3. The summed E-state index contributed by atoms with van der Waals surface area (Å²) >= 11 is 6.24. The van der Waals surface area contributed by atoms with Crippen molar-refractivity contribution in [3.8, 4) is 11.5 Å². The molecule has 1 saturated heterocycles. The molecule has 4 heteroatoms. The lowest BCUT2D eigenvalue weighted by atomic mass is 9.75. The summed E-state index contributed by atoms with van der Waals surface area (Å²) in [6.07, 6.45) is 1.83. The van der Waals surface area contributed by atoms with Crippen molar-refractivity contribution in [2.75, 3.05) is 33.3 Å². The van der Waals surface area contributed by atoms with Crippen LogP contribution in [0.25, 0.3) is 0 Å². The third-order valence-electron chi connectivity index (χ3n) is 3.68. The second kappa shape index (κ2) is 5.81. The molecule has 0 bridgehead atoms. The van der Waals surface area contributed by atoms with Crippen molar-refractivity contribution >= 4 is 11.6 Å². The van der Waals surface area contributed by atoms with Gasteiger partial charge in [-0.3, -0.25) is 0 Å². The molecule has 3 nitrogen and oxygen atoms in total. The lowest BCUT2D eigenvalue weighted by Crippen LogP contribution is -2.36. The molecule has 0 aromatic heterocycles. The average molecular weight is 271 g/mol. The van der Waals surface area contributed by atoms with Gasteiger partial charge in [-0.1, -0.05) is 0 Å². The molecule has 0 spiro atoms. The maximum atomic E-state index is 6.24. The largest absolute Gasteiger partial charge is 0.497 e. The molecule has 1 heterocycles. The van der Waals surface area contributed by atoms with E-state index in [-0.39, 0.29) is 5.41 Å². The standard InChI is InChI=1S/C14H19ClO3/c1-16-11-3-4-13(17-2)12(9-11)14(10-15)5-7-18-8-6-14/h3-4,9H,5-8,10H2,1-2H3. The Bertz CT molecular complexity index is 400. The van der Waals surface area contributed by atoms with Crippen LogP contribution in [-0.2, 0) is 10.2 Å². The minimum Gasteiger partial charge on any atom is -0.497 e. The highest BCUT2D eigenvalue weighted by Crippen LogP contribution is 2.42. The van der Waals surface area contributed by atoms with Crippen LogP contribution in [-0.4, -0.2) is 33.3 Å². The predicted molar refractivity (Wildman–Crippen MR) is 72.0 cm³/mol. The van der Waals surface area contributed by atoms with Gasteiger partial charge in [0.2, 0.25) is 0 Å². The van der Waals surface area contributed by atoms with E-state index in [0.717, 1.165) is 43.1 Å². The Hall–Kier alpha value is -0.930. The van der Waals surface area contributed by atoms with Crippen LogP contribution in [0.1, 0.15) is 18.4 Å². The first kappa shape index (κ1) is 13.5. The van der Waals surface area contributed by atoms with Crippen molar-refractivity contribution in [1.82, 2.24) is 0 Å². The molecule has 0 atom stereocenters. The van der Waals surface area contributed by atoms with Gasteiger partial charge in [-0.15, -0.1) is 11.6 Å². The molecule has 1 aromatic carbocycles. The molecule has 1 fully saturated rings. The Morgan fingerprint density at radius 2 is 1.94 bits per heavy atom. The zero-order valence-corrected chi connectivity index (χ0v) is 11.6. The first-order chi connectivity index (χ1) is 8.75. The van der Waals surface area contributed by atoms with E-state index in [4.69, 9.17) is 25.8 Å². The molecule has 0 aliphatic carbocycles.